The van der Waals surface area contributed by atoms with Crippen LogP contribution >= 0.6 is 0 Å². The van der Waals surface area contributed by atoms with Crippen molar-refractivity contribution in [2.24, 2.45) is 0 Å². The molecule has 1 N–H and O–H groups in total. The second-order valence-electron chi connectivity index (χ2n) is 6.00. The molecule has 0 saturated heterocycles. The molecule has 0 bridgehead atoms. The summed E-state index contributed by atoms with van der Waals surface area (Å²) in [6.45, 7) is 8.82. The Balaban J connectivity index is 2.57. The normalized spacial score (nSPS) is 11.2. The highest BCUT2D eigenvalue weighted by molar-refractivity contribution is 5.90. The first-order valence-electron chi connectivity index (χ1n) is 8.56. The lowest BCUT2D eigenvalue weighted by Crippen LogP contribution is -2.28. The van der Waals surface area contributed by atoms with Crippen molar-refractivity contribution in [3.63, 3.8) is 0 Å². The number of aryl methyl sites for hydroxylation is 1. The van der Waals surface area contributed by atoms with E-state index in [0.29, 0.717) is 28.9 Å². The van der Waals surface area contributed by atoms with Crippen molar-refractivity contribution in [2.45, 2.75) is 40.2 Å². The van der Waals surface area contributed by atoms with Gasteiger partial charge in [0.1, 0.15) is 11.5 Å². The number of nitrogens with one attached hydrogen (secondary N) is 1. The van der Waals surface area contributed by atoms with Gasteiger partial charge in [-0.2, -0.15) is 0 Å². The summed E-state index contributed by atoms with van der Waals surface area (Å²) in [5, 5.41) is 0.559. The van der Waals surface area contributed by atoms with Crippen LogP contribution in [0.3, 0.4) is 0 Å². The summed E-state index contributed by atoms with van der Waals surface area (Å²) in [4.78, 5) is 18.8. The van der Waals surface area contributed by atoms with E-state index in [4.69, 9.17) is 9.47 Å². The zero-order chi connectivity index (χ0) is 17.7. The van der Waals surface area contributed by atoms with Gasteiger partial charge < -0.3 is 14.5 Å². The molecule has 0 unspecified atom stereocenters. The van der Waals surface area contributed by atoms with Crippen LogP contribution in [0.15, 0.2) is 16.9 Å². The lowest BCUT2D eigenvalue weighted by Gasteiger charge is -2.21. The van der Waals surface area contributed by atoms with E-state index in [2.05, 4.69) is 23.7 Å². The van der Waals surface area contributed by atoms with Crippen molar-refractivity contribution in [2.75, 3.05) is 27.3 Å². The van der Waals surface area contributed by atoms with Gasteiger partial charge in [0.2, 0.25) is 0 Å². The molecule has 0 amide bonds. The summed E-state index contributed by atoms with van der Waals surface area (Å²) in [6, 6.07) is 3.60. The Labute approximate surface area is 143 Å². The third-order valence-corrected chi connectivity index (χ3v) is 4.49. The standard InChI is InChI=1S/C19H28N2O3/c1-6-8-11-21(7-2)12-14-13(3)20-18-16(24-5)10-9-15(23-4)17(18)19(14)22/h9-10H,6-8,11-12H2,1-5H3,(H,20,22). The maximum Gasteiger partial charge on any atom is 0.198 e. The van der Waals surface area contributed by atoms with Gasteiger partial charge in [0, 0.05) is 17.8 Å². The van der Waals surface area contributed by atoms with Gasteiger partial charge >= 0.3 is 0 Å². The first kappa shape index (κ1) is 18.3. The third-order valence-electron chi connectivity index (χ3n) is 4.49. The Morgan fingerprint density at radius 3 is 2.38 bits per heavy atom. The van der Waals surface area contributed by atoms with Gasteiger partial charge in [0.25, 0.3) is 0 Å². The van der Waals surface area contributed by atoms with Crippen molar-refractivity contribution in [3.05, 3.63) is 33.6 Å². The molecular formula is C19H28N2O3. The van der Waals surface area contributed by atoms with Crippen molar-refractivity contribution < 1.29 is 9.47 Å². The Morgan fingerprint density at radius 1 is 1.12 bits per heavy atom. The number of ether oxygens (including phenoxy) is 2. The molecule has 1 aromatic heterocycles. The average molecular weight is 332 g/mol. The molecule has 1 aromatic carbocycles. The number of benzene rings is 1. The molecule has 132 valence electrons. The zero-order valence-electron chi connectivity index (χ0n) is 15.4. The van der Waals surface area contributed by atoms with Crippen molar-refractivity contribution in [3.8, 4) is 11.5 Å². The summed E-state index contributed by atoms with van der Waals surface area (Å²) in [5.41, 5.74) is 2.40. The minimum Gasteiger partial charge on any atom is -0.496 e. The van der Waals surface area contributed by atoms with Crippen molar-refractivity contribution in [1.29, 1.82) is 0 Å². The molecule has 2 aromatic rings. The monoisotopic (exact) mass is 332 g/mol. The first-order chi connectivity index (χ1) is 11.6. The number of hydrogen-bond acceptors (Lipinski definition) is 4. The van der Waals surface area contributed by atoms with Gasteiger partial charge in [-0.05, 0) is 38.6 Å². The number of nitrogens with zero attached hydrogens (tertiary/aromatic N) is 1. The molecule has 0 atom stereocenters. The molecule has 0 spiro atoms. The summed E-state index contributed by atoms with van der Waals surface area (Å²) < 4.78 is 10.8. The van der Waals surface area contributed by atoms with E-state index in [1.54, 1.807) is 20.3 Å². The molecule has 0 aliphatic heterocycles. The van der Waals surface area contributed by atoms with Crippen LogP contribution in [0.1, 0.15) is 37.9 Å². The fraction of sp³-hybridized carbons (Fsp3) is 0.526. The number of aromatic nitrogens is 1. The maximum absolute atomic E-state index is 13.1. The number of aromatic amines is 1. The molecule has 24 heavy (non-hydrogen) atoms. The highest BCUT2D eigenvalue weighted by Gasteiger charge is 2.18. The Morgan fingerprint density at radius 2 is 1.79 bits per heavy atom. The zero-order valence-corrected chi connectivity index (χ0v) is 15.4. The lowest BCUT2D eigenvalue weighted by atomic mass is 10.1. The van der Waals surface area contributed by atoms with Crippen LogP contribution < -0.4 is 14.9 Å². The molecule has 0 radical (unpaired) electrons. The fourth-order valence-electron chi connectivity index (χ4n) is 2.98. The van der Waals surface area contributed by atoms with Gasteiger partial charge in [-0.25, -0.2) is 0 Å². The van der Waals surface area contributed by atoms with Crippen LogP contribution in [0.5, 0.6) is 11.5 Å². The quantitative estimate of drug-likeness (QED) is 0.804. The Hall–Kier alpha value is -2.01. The van der Waals surface area contributed by atoms with Gasteiger partial charge in [-0.3, -0.25) is 9.69 Å². The van der Waals surface area contributed by atoms with Gasteiger partial charge in [-0.15, -0.1) is 0 Å². The largest absolute Gasteiger partial charge is 0.496 e. The van der Waals surface area contributed by atoms with Crippen LogP contribution in [0.25, 0.3) is 10.9 Å². The number of rotatable bonds is 8. The maximum atomic E-state index is 13.1. The smallest absolute Gasteiger partial charge is 0.198 e. The van der Waals surface area contributed by atoms with E-state index in [1.165, 1.54) is 0 Å². The second-order valence-corrected chi connectivity index (χ2v) is 6.00. The van der Waals surface area contributed by atoms with E-state index in [0.717, 1.165) is 37.2 Å². The number of unbranched alkanes of at least 4 members (excludes halogenated alkanes) is 1. The summed E-state index contributed by atoms with van der Waals surface area (Å²) in [7, 11) is 3.19. The molecule has 0 aliphatic carbocycles. The predicted molar refractivity (Wildman–Crippen MR) is 98.3 cm³/mol. The van der Waals surface area contributed by atoms with E-state index >= 15 is 0 Å². The lowest BCUT2D eigenvalue weighted by molar-refractivity contribution is 0.274. The number of fused-ring (bicyclic) bond motifs is 1. The van der Waals surface area contributed by atoms with Crippen molar-refractivity contribution >= 4 is 10.9 Å². The minimum absolute atomic E-state index is 0.0203. The highest BCUT2D eigenvalue weighted by Crippen LogP contribution is 2.30. The number of hydrogen-bond donors (Lipinski definition) is 1. The Bertz CT molecular complexity index is 752. The Kier molecular flexibility index (Phi) is 6.26. The number of H-pyrrole nitrogens is 1. The number of methoxy groups -OCH3 is 2. The van der Waals surface area contributed by atoms with Crippen LogP contribution in [-0.2, 0) is 6.54 Å². The van der Waals surface area contributed by atoms with Gasteiger partial charge in [-0.1, -0.05) is 20.3 Å². The van der Waals surface area contributed by atoms with Crippen LogP contribution in [0.2, 0.25) is 0 Å². The van der Waals surface area contributed by atoms with E-state index in [1.807, 2.05) is 13.0 Å². The van der Waals surface area contributed by atoms with Crippen molar-refractivity contribution in [1.82, 2.24) is 9.88 Å². The summed E-state index contributed by atoms with van der Waals surface area (Å²) in [5.74, 6) is 1.22. The van der Waals surface area contributed by atoms with Gasteiger partial charge in [0.15, 0.2) is 5.43 Å². The average Bonchev–Trinajstić information content (AvgIpc) is 2.60. The van der Waals surface area contributed by atoms with Crippen LogP contribution in [-0.4, -0.2) is 37.2 Å². The van der Waals surface area contributed by atoms with Crippen LogP contribution in [0.4, 0.5) is 0 Å². The number of pyridine rings is 1. The highest BCUT2D eigenvalue weighted by atomic mass is 16.5. The molecule has 2 rings (SSSR count). The summed E-state index contributed by atoms with van der Waals surface area (Å²) in [6.07, 6.45) is 2.28. The minimum atomic E-state index is 0.0203. The van der Waals surface area contributed by atoms with E-state index in [-0.39, 0.29) is 5.43 Å². The van der Waals surface area contributed by atoms with Crippen LogP contribution in [0, 0.1) is 6.92 Å². The summed E-state index contributed by atoms with van der Waals surface area (Å²) >= 11 is 0. The molecular weight excluding hydrogens is 304 g/mol. The van der Waals surface area contributed by atoms with Gasteiger partial charge in [0.05, 0.1) is 25.1 Å². The molecule has 5 heteroatoms. The topological polar surface area (TPSA) is 54.6 Å². The van der Waals surface area contributed by atoms with E-state index in [9.17, 15) is 4.79 Å². The molecule has 1 heterocycles. The first-order valence-corrected chi connectivity index (χ1v) is 8.56. The third kappa shape index (κ3) is 3.56. The molecule has 5 nitrogen and oxygen atoms in total. The fourth-order valence-corrected chi connectivity index (χ4v) is 2.98. The molecule has 0 saturated carbocycles. The SMILES string of the molecule is CCCCN(CC)Cc1c(C)[nH]c2c(OC)ccc(OC)c2c1=O. The second kappa shape index (κ2) is 8.20. The molecule has 0 fully saturated rings. The van der Waals surface area contributed by atoms with E-state index < -0.39 is 0 Å². The molecule has 0 aliphatic rings. The predicted octanol–water partition coefficient (Wildman–Crippen LogP) is 3.48.